The molecule has 2 aliphatic heterocycles. The van der Waals surface area contributed by atoms with Gasteiger partial charge in [-0.3, -0.25) is 24.1 Å². The number of nitrogens with one attached hydrogen (secondary N) is 2. The average Bonchev–Trinajstić information content (AvgIpc) is 3.56. The van der Waals surface area contributed by atoms with Crippen LogP contribution < -0.4 is 16.4 Å². The van der Waals surface area contributed by atoms with Gasteiger partial charge in [-0.1, -0.05) is 57.5 Å². The third kappa shape index (κ3) is 7.25. The Balaban J connectivity index is 1.27. The highest BCUT2D eigenvalue weighted by Crippen LogP contribution is 2.38. The van der Waals surface area contributed by atoms with E-state index in [1.807, 2.05) is 45.2 Å². The minimum absolute atomic E-state index is 0.00797. The zero-order valence-corrected chi connectivity index (χ0v) is 26.5. The van der Waals surface area contributed by atoms with Crippen LogP contribution in [0.4, 0.5) is 0 Å². The second-order valence-electron chi connectivity index (χ2n) is 13.6. The maximum atomic E-state index is 14.0. The first-order valence-corrected chi connectivity index (χ1v) is 16.5. The van der Waals surface area contributed by atoms with Crippen LogP contribution in [0.25, 0.3) is 0 Å². The molecule has 0 spiro atoms. The molecule has 1 fully saturated rings. The minimum atomic E-state index is -0.539. The second kappa shape index (κ2) is 14.1. The summed E-state index contributed by atoms with van der Waals surface area (Å²) in [5.41, 5.74) is 9.07. The van der Waals surface area contributed by atoms with Gasteiger partial charge in [0, 0.05) is 68.4 Å². The number of aromatic nitrogens is 1. The summed E-state index contributed by atoms with van der Waals surface area (Å²) in [4.78, 5) is 56.1. The lowest BCUT2D eigenvalue weighted by atomic mass is 9.78. The van der Waals surface area contributed by atoms with Crippen molar-refractivity contribution in [1.82, 2.24) is 20.1 Å². The number of hydrogen-bond donors (Lipinski definition) is 3. The summed E-state index contributed by atoms with van der Waals surface area (Å²) >= 11 is 0. The summed E-state index contributed by atoms with van der Waals surface area (Å²) in [6.07, 6.45) is 6.27. The van der Waals surface area contributed by atoms with Crippen molar-refractivity contribution in [2.75, 3.05) is 13.1 Å². The van der Waals surface area contributed by atoms with Crippen LogP contribution in [-0.4, -0.2) is 58.1 Å². The van der Waals surface area contributed by atoms with E-state index in [0.29, 0.717) is 25.8 Å². The van der Waals surface area contributed by atoms with E-state index in [1.165, 1.54) is 5.56 Å². The van der Waals surface area contributed by atoms with E-state index in [2.05, 4.69) is 38.3 Å². The number of amides is 3. The van der Waals surface area contributed by atoms with Gasteiger partial charge in [0.1, 0.15) is 5.78 Å². The van der Waals surface area contributed by atoms with Crippen LogP contribution in [0, 0.1) is 23.7 Å². The van der Waals surface area contributed by atoms with Gasteiger partial charge in [0.25, 0.3) is 0 Å². The lowest BCUT2D eigenvalue weighted by Crippen LogP contribution is -2.49. The number of aryl methyl sites for hydroxylation is 1. The lowest BCUT2D eigenvalue weighted by Gasteiger charge is -2.34. The van der Waals surface area contributed by atoms with E-state index in [9.17, 15) is 19.2 Å². The smallest absolute Gasteiger partial charge is 0.225 e. The normalized spacial score (nSPS) is 24.8. The van der Waals surface area contributed by atoms with Crippen molar-refractivity contribution in [1.29, 1.82) is 0 Å². The van der Waals surface area contributed by atoms with Crippen molar-refractivity contribution < 1.29 is 19.2 Å². The summed E-state index contributed by atoms with van der Waals surface area (Å²) in [5.74, 6) is -2.58. The largest absolute Gasteiger partial charge is 0.369 e. The van der Waals surface area contributed by atoms with E-state index in [0.717, 1.165) is 50.2 Å². The number of ketones is 1. The van der Waals surface area contributed by atoms with Crippen molar-refractivity contribution >= 4 is 23.5 Å². The van der Waals surface area contributed by atoms with E-state index in [4.69, 9.17) is 5.73 Å². The van der Waals surface area contributed by atoms with Crippen LogP contribution in [0.15, 0.2) is 42.6 Å². The molecular weight excluding hydrogens is 554 g/mol. The van der Waals surface area contributed by atoms with Gasteiger partial charge >= 0.3 is 0 Å². The summed E-state index contributed by atoms with van der Waals surface area (Å²) < 4.78 is 2.07. The molecule has 1 aromatic carbocycles. The zero-order chi connectivity index (χ0) is 31.4. The molecule has 3 aliphatic rings. The first-order valence-electron chi connectivity index (χ1n) is 16.5. The molecule has 3 amide bonds. The SMILES string of the molecule is CCCC(C(N)=O)C(CC(C)C)C(=O)NC1CCc2ccn3c2C1C(=O)CC(C(=O)NC1CCN(Cc2ccccc2)C1)C3. The highest BCUT2D eigenvalue weighted by Gasteiger charge is 2.44. The van der Waals surface area contributed by atoms with E-state index in [1.54, 1.807) is 0 Å². The Morgan fingerprint density at radius 2 is 1.80 bits per heavy atom. The van der Waals surface area contributed by atoms with E-state index < -0.39 is 29.6 Å². The first-order chi connectivity index (χ1) is 21.1. The molecule has 44 heavy (non-hydrogen) atoms. The number of rotatable bonds is 12. The van der Waals surface area contributed by atoms with Crippen molar-refractivity contribution in [3.8, 4) is 0 Å². The van der Waals surface area contributed by atoms with Crippen LogP contribution in [0.5, 0.6) is 0 Å². The van der Waals surface area contributed by atoms with E-state index >= 15 is 0 Å². The molecule has 0 radical (unpaired) electrons. The molecule has 6 atom stereocenters. The number of carbonyl (C=O) groups excluding carboxylic acids is 4. The summed E-state index contributed by atoms with van der Waals surface area (Å²) in [7, 11) is 0. The van der Waals surface area contributed by atoms with Gasteiger partial charge in [0.05, 0.1) is 11.8 Å². The molecule has 9 heteroatoms. The monoisotopic (exact) mass is 603 g/mol. The van der Waals surface area contributed by atoms with Gasteiger partial charge < -0.3 is 20.9 Å². The van der Waals surface area contributed by atoms with Crippen LogP contribution in [-0.2, 0) is 38.7 Å². The molecular formula is C35H49N5O4. The first kappa shape index (κ1) is 31.9. The average molecular weight is 604 g/mol. The fourth-order valence-electron chi connectivity index (χ4n) is 7.69. The molecule has 6 unspecified atom stereocenters. The Kier molecular flexibility index (Phi) is 10.2. The highest BCUT2D eigenvalue weighted by molar-refractivity contribution is 5.93. The second-order valence-corrected chi connectivity index (χ2v) is 13.6. The molecule has 5 rings (SSSR count). The highest BCUT2D eigenvalue weighted by atomic mass is 16.2. The fraction of sp³-hybridized carbons (Fsp3) is 0.600. The van der Waals surface area contributed by atoms with Gasteiger partial charge in [-0.2, -0.15) is 0 Å². The number of nitrogens with two attached hydrogens (primary N) is 1. The van der Waals surface area contributed by atoms with Crippen molar-refractivity contribution in [3.63, 3.8) is 0 Å². The molecule has 2 aromatic rings. The maximum absolute atomic E-state index is 14.0. The minimum Gasteiger partial charge on any atom is -0.369 e. The predicted octanol–water partition coefficient (Wildman–Crippen LogP) is 3.55. The Labute approximate surface area is 261 Å². The zero-order valence-electron chi connectivity index (χ0n) is 26.5. The predicted molar refractivity (Wildman–Crippen MR) is 169 cm³/mol. The number of primary amides is 1. The van der Waals surface area contributed by atoms with Crippen molar-refractivity contribution in [3.05, 3.63) is 59.4 Å². The quantitative estimate of drug-likeness (QED) is 0.342. The molecule has 0 bridgehead atoms. The Bertz CT molecular complexity index is 1340. The fourth-order valence-corrected chi connectivity index (χ4v) is 7.69. The van der Waals surface area contributed by atoms with Crippen LogP contribution in [0.3, 0.4) is 0 Å². The topological polar surface area (TPSA) is 127 Å². The number of benzene rings is 1. The van der Waals surface area contributed by atoms with Crippen molar-refractivity contribution in [2.24, 2.45) is 29.4 Å². The Hall–Kier alpha value is -3.46. The Morgan fingerprint density at radius 1 is 1.02 bits per heavy atom. The molecule has 3 heterocycles. The number of carbonyl (C=O) groups is 4. The molecule has 4 N–H and O–H groups in total. The molecule has 1 aromatic heterocycles. The molecule has 1 aliphatic carbocycles. The summed E-state index contributed by atoms with van der Waals surface area (Å²) in [6.45, 7) is 9.08. The molecule has 238 valence electrons. The van der Waals surface area contributed by atoms with Gasteiger partial charge in [-0.05, 0) is 55.2 Å². The lowest BCUT2D eigenvalue weighted by molar-refractivity contribution is -0.135. The summed E-state index contributed by atoms with van der Waals surface area (Å²) in [5, 5.41) is 6.46. The summed E-state index contributed by atoms with van der Waals surface area (Å²) in [6, 6.07) is 12.1. The standard InChI is InChI=1S/C35H49N5O4/c1-4-8-27(33(36)42)28(17-22(2)3)35(44)38-29-12-11-24-13-16-40-20-25(18-30(41)31(29)32(24)40)34(43)37-26-14-15-39(21-26)19-23-9-6-5-7-10-23/h5-7,9-10,13,16,22,25-29,31H,4,8,11-12,14-15,17-21H2,1-3H3,(H2,36,42)(H,37,43)(H,38,44). The third-order valence-electron chi connectivity index (χ3n) is 9.81. The number of nitrogens with zero attached hydrogens (tertiary/aromatic N) is 2. The molecule has 0 saturated carbocycles. The van der Waals surface area contributed by atoms with Crippen LogP contribution >= 0.6 is 0 Å². The number of Topliss-reactive ketones (excluding diaryl/α,β-unsaturated/α-hetero) is 1. The van der Waals surface area contributed by atoms with Crippen LogP contribution in [0.2, 0.25) is 0 Å². The van der Waals surface area contributed by atoms with Gasteiger partial charge in [0.2, 0.25) is 17.7 Å². The molecule has 9 nitrogen and oxygen atoms in total. The number of likely N-dealkylation sites (tertiary alicyclic amines) is 1. The van der Waals surface area contributed by atoms with Gasteiger partial charge in [-0.25, -0.2) is 0 Å². The van der Waals surface area contributed by atoms with E-state index in [-0.39, 0.29) is 42.0 Å². The van der Waals surface area contributed by atoms with Gasteiger partial charge in [0.15, 0.2) is 0 Å². The molecule has 1 saturated heterocycles. The van der Waals surface area contributed by atoms with Gasteiger partial charge in [-0.15, -0.1) is 0 Å². The Morgan fingerprint density at radius 3 is 2.50 bits per heavy atom. The third-order valence-corrected chi connectivity index (χ3v) is 9.81. The maximum Gasteiger partial charge on any atom is 0.225 e. The van der Waals surface area contributed by atoms with Crippen LogP contribution in [0.1, 0.15) is 82.0 Å². The number of hydrogen-bond acceptors (Lipinski definition) is 5. The van der Waals surface area contributed by atoms with Crippen molar-refractivity contribution in [2.45, 2.75) is 96.8 Å².